The number of hydrogen-bond donors (Lipinski definition) is 6. The van der Waals surface area contributed by atoms with Gasteiger partial charge in [-0.15, -0.1) is 10.3 Å². The molecule has 1 aliphatic heterocycles. The summed E-state index contributed by atoms with van der Waals surface area (Å²) in [7, 11) is 0. The van der Waals surface area contributed by atoms with Crippen LogP contribution in [0.15, 0.2) is 16.2 Å². The van der Waals surface area contributed by atoms with Crippen LogP contribution in [0.25, 0.3) is 0 Å². The fourth-order valence-corrected chi connectivity index (χ4v) is 4.06. The fraction of sp³-hybridized carbons (Fsp3) is 0.588. The molecule has 0 radical (unpaired) electrons. The number of thioether (sulfide) groups is 4. The molecule has 33 heavy (non-hydrogen) atoms. The number of nitrogens with zero attached hydrogens (tertiary/aromatic N) is 2. The minimum Gasteiger partial charge on any atom is -0.337 e. The molecule has 1 aliphatic rings. The van der Waals surface area contributed by atoms with Gasteiger partial charge >= 0.3 is 12.1 Å². The third-order valence-corrected chi connectivity index (χ3v) is 6.20. The highest BCUT2D eigenvalue weighted by atomic mass is 32.2. The highest BCUT2D eigenvalue weighted by molar-refractivity contribution is 8.26. The molecule has 6 N–H and O–H groups in total. The summed E-state index contributed by atoms with van der Waals surface area (Å²) in [5.41, 5.74) is 5.83. The van der Waals surface area contributed by atoms with Crippen molar-refractivity contribution in [1.82, 2.24) is 37.3 Å². The molecule has 0 aromatic rings. The van der Waals surface area contributed by atoms with Crippen molar-refractivity contribution in [3.05, 3.63) is 11.1 Å². The zero-order valence-electron chi connectivity index (χ0n) is 18.7. The van der Waals surface area contributed by atoms with Crippen LogP contribution in [0.2, 0.25) is 0 Å². The topological polar surface area (TPSA) is 156 Å². The molecule has 0 bridgehead atoms. The Balaban J connectivity index is 2.55. The van der Waals surface area contributed by atoms with Crippen molar-refractivity contribution < 1.29 is 19.2 Å². The number of hydrazine groups is 2. The number of urea groups is 2. The zero-order valence-corrected chi connectivity index (χ0v) is 22.0. The Morgan fingerprint density at radius 1 is 0.909 bits per heavy atom. The molecule has 0 saturated carbocycles. The maximum Gasteiger partial charge on any atom is 0.315 e. The van der Waals surface area contributed by atoms with Gasteiger partial charge in [0.15, 0.2) is 0 Å². The van der Waals surface area contributed by atoms with Crippen LogP contribution in [0.3, 0.4) is 0 Å². The van der Waals surface area contributed by atoms with Gasteiger partial charge in [-0.05, 0) is 36.0 Å². The molecule has 0 aromatic heterocycles. The normalized spacial score (nSPS) is 12.8. The van der Waals surface area contributed by atoms with Crippen molar-refractivity contribution >= 4 is 74.4 Å². The summed E-state index contributed by atoms with van der Waals surface area (Å²) in [6.45, 7) is 3.10. The molecule has 4 amide bonds. The van der Waals surface area contributed by atoms with Gasteiger partial charge in [0.2, 0.25) is 10.2 Å². The summed E-state index contributed by atoms with van der Waals surface area (Å²) in [5.74, 6) is 1.56. The van der Waals surface area contributed by atoms with Crippen LogP contribution >= 0.6 is 47.0 Å². The maximum absolute atomic E-state index is 12.3. The summed E-state index contributed by atoms with van der Waals surface area (Å²) in [5, 5.41) is 16.0. The van der Waals surface area contributed by atoms with Gasteiger partial charge in [0.05, 0.1) is 13.1 Å². The Morgan fingerprint density at radius 2 is 1.45 bits per heavy atom. The van der Waals surface area contributed by atoms with E-state index in [2.05, 4.69) is 37.2 Å². The van der Waals surface area contributed by atoms with E-state index < -0.39 is 12.1 Å². The van der Waals surface area contributed by atoms with E-state index in [1.165, 1.54) is 5.23 Å². The predicted molar refractivity (Wildman–Crippen MR) is 139 cm³/mol. The number of hydrazone groups is 1. The number of rotatable bonds is 13. The van der Waals surface area contributed by atoms with Crippen LogP contribution in [0.5, 0.6) is 0 Å². The third-order valence-electron chi connectivity index (χ3n) is 3.39. The van der Waals surface area contributed by atoms with Crippen LogP contribution in [-0.4, -0.2) is 89.3 Å². The number of nitrogens with one attached hydrogen (secondary N) is 6. The second-order valence-electron chi connectivity index (χ2n) is 6.03. The first-order valence-corrected chi connectivity index (χ1v) is 14.3. The second kappa shape index (κ2) is 17.7. The van der Waals surface area contributed by atoms with E-state index in [4.69, 9.17) is 0 Å². The van der Waals surface area contributed by atoms with Gasteiger partial charge in [0.1, 0.15) is 10.1 Å². The molecule has 1 heterocycles. The number of amides is 4. The first kappa shape index (κ1) is 29.3. The molecule has 0 fully saturated rings. The standard InChI is InChI=1S/C17H30N8O4S4/c1-4-22-25-23-12(32-14(26)10-20-16(28)18-5-7-30-2)9-13(24-25)33-15(27)11-21-17(29)19-6-8-31-3/h9,22-23H,4-8,10-11H2,1-3H3,(H2,18,20,28)(H2,19,21,29). The van der Waals surface area contributed by atoms with E-state index in [0.29, 0.717) is 29.7 Å². The van der Waals surface area contributed by atoms with Crippen molar-refractivity contribution in [2.45, 2.75) is 6.92 Å². The molecule has 0 atom stereocenters. The van der Waals surface area contributed by atoms with Gasteiger partial charge in [0, 0.05) is 37.2 Å². The van der Waals surface area contributed by atoms with Crippen molar-refractivity contribution in [2.75, 3.05) is 56.7 Å². The average Bonchev–Trinajstić information content (AvgIpc) is 2.77. The lowest BCUT2D eigenvalue weighted by atomic mass is 10.6. The van der Waals surface area contributed by atoms with Gasteiger partial charge in [-0.25, -0.2) is 9.59 Å². The van der Waals surface area contributed by atoms with Gasteiger partial charge in [0.25, 0.3) is 0 Å². The molecule has 0 aliphatic carbocycles. The Morgan fingerprint density at radius 3 is 1.97 bits per heavy atom. The summed E-state index contributed by atoms with van der Waals surface area (Å²) < 4.78 is 0. The lowest BCUT2D eigenvalue weighted by molar-refractivity contribution is -0.110. The van der Waals surface area contributed by atoms with Crippen molar-refractivity contribution in [2.24, 2.45) is 5.10 Å². The quantitative estimate of drug-likeness (QED) is 0.180. The minimum atomic E-state index is -0.415. The lowest BCUT2D eigenvalue weighted by Gasteiger charge is -2.26. The van der Waals surface area contributed by atoms with E-state index in [1.807, 2.05) is 19.4 Å². The van der Waals surface area contributed by atoms with Gasteiger partial charge < -0.3 is 21.3 Å². The first-order chi connectivity index (χ1) is 15.9. The smallest absolute Gasteiger partial charge is 0.315 e. The van der Waals surface area contributed by atoms with E-state index in [-0.39, 0.29) is 23.3 Å². The number of carbonyl (C=O) groups is 4. The van der Waals surface area contributed by atoms with E-state index in [0.717, 1.165) is 35.0 Å². The Bertz CT molecular complexity index is 738. The van der Waals surface area contributed by atoms with Crippen LogP contribution in [0.4, 0.5) is 9.59 Å². The van der Waals surface area contributed by atoms with Crippen LogP contribution in [0.1, 0.15) is 6.92 Å². The number of hydrogen-bond acceptors (Lipinski definition) is 12. The fourth-order valence-electron chi connectivity index (χ4n) is 2.00. The molecule has 0 unspecified atom stereocenters. The maximum atomic E-state index is 12.3. The van der Waals surface area contributed by atoms with Crippen molar-refractivity contribution in [1.29, 1.82) is 0 Å². The van der Waals surface area contributed by atoms with Gasteiger partial charge in [-0.1, -0.05) is 6.92 Å². The average molecular weight is 539 g/mol. The highest BCUT2D eigenvalue weighted by Gasteiger charge is 2.19. The second-order valence-corrected chi connectivity index (χ2v) is 10.2. The number of carbonyl (C=O) groups excluding carboxylic acids is 4. The molecule has 0 saturated heterocycles. The Kier molecular flexibility index (Phi) is 15.7. The van der Waals surface area contributed by atoms with Gasteiger partial charge in [-0.2, -0.15) is 28.9 Å². The minimum absolute atomic E-state index is 0.163. The van der Waals surface area contributed by atoms with Crippen LogP contribution in [-0.2, 0) is 9.59 Å². The van der Waals surface area contributed by atoms with E-state index >= 15 is 0 Å². The molecule has 12 nitrogen and oxygen atoms in total. The summed E-state index contributed by atoms with van der Waals surface area (Å²) in [4.78, 5) is 47.8. The predicted octanol–water partition coefficient (Wildman–Crippen LogP) is 0.330. The summed E-state index contributed by atoms with van der Waals surface area (Å²) in [6, 6.07) is -0.826. The summed E-state index contributed by atoms with van der Waals surface area (Å²) in [6.07, 6.45) is 5.42. The first-order valence-electron chi connectivity index (χ1n) is 9.91. The summed E-state index contributed by atoms with van der Waals surface area (Å²) >= 11 is 4.93. The molecular formula is C17H30N8O4S4. The Labute approximate surface area is 210 Å². The highest BCUT2D eigenvalue weighted by Crippen LogP contribution is 2.20. The largest absolute Gasteiger partial charge is 0.337 e. The third kappa shape index (κ3) is 14.2. The van der Waals surface area contributed by atoms with Gasteiger partial charge in [-0.3, -0.25) is 15.0 Å². The lowest BCUT2D eigenvalue weighted by Crippen LogP contribution is -2.46. The molecule has 16 heteroatoms. The van der Waals surface area contributed by atoms with Crippen molar-refractivity contribution in [3.8, 4) is 0 Å². The Hall–Kier alpha value is -1.75. The van der Waals surface area contributed by atoms with Crippen LogP contribution in [0, 0.1) is 0 Å². The van der Waals surface area contributed by atoms with E-state index in [9.17, 15) is 19.2 Å². The molecule has 0 aromatic carbocycles. The molecule has 186 valence electrons. The monoisotopic (exact) mass is 538 g/mol. The SMILES string of the molecule is CCNN1N=C(SC(=O)CNC(=O)NCCSC)C=C(SC(=O)CNC(=O)NCCSC)N1. The molecule has 0 spiro atoms. The molecular weight excluding hydrogens is 509 g/mol. The van der Waals surface area contributed by atoms with Crippen molar-refractivity contribution in [3.63, 3.8) is 0 Å². The molecule has 1 rings (SSSR count). The zero-order chi connectivity index (χ0) is 24.5. The van der Waals surface area contributed by atoms with Crippen LogP contribution < -0.4 is 32.1 Å². The van der Waals surface area contributed by atoms with E-state index in [1.54, 1.807) is 29.6 Å².